The zero-order valence-corrected chi connectivity index (χ0v) is 9.58. The minimum absolute atomic E-state index is 0.0299. The van der Waals surface area contributed by atoms with Gasteiger partial charge in [-0.1, -0.05) is 42.5 Å². The van der Waals surface area contributed by atoms with Crippen LogP contribution in [0.25, 0.3) is 12.2 Å². The summed E-state index contributed by atoms with van der Waals surface area (Å²) in [4.78, 5) is 0. The van der Waals surface area contributed by atoms with E-state index in [9.17, 15) is 0 Å². The number of hydrogen-bond acceptors (Lipinski definition) is 2. The van der Waals surface area contributed by atoms with Crippen LogP contribution in [0, 0.1) is 0 Å². The van der Waals surface area contributed by atoms with Gasteiger partial charge in [-0.2, -0.15) is 0 Å². The molecule has 3 heteroatoms. The van der Waals surface area contributed by atoms with Crippen molar-refractivity contribution < 1.29 is 10.2 Å². The molecule has 0 aliphatic carbocycles. The van der Waals surface area contributed by atoms with Crippen molar-refractivity contribution in [3.8, 4) is 0 Å². The maximum Gasteiger partial charge on any atom is 0.0615 e. The molecule has 0 aliphatic rings. The fraction of sp³-hybridized carbons (Fsp3) is 0.167. The average molecular weight is 222 g/mol. The molecule has 1 unspecified atom stereocenters. The summed E-state index contributed by atoms with van der Waals surface area (Å²) in [5.74, 6) is 0. The lowest BCUT2D eigenvalue weighted by molar-refractivity contribution is 0.343. The van der Waals surface area contributed by atoms with Crippen molar-refractivity contribution in [2.45, 2.75) is 0 Å². The summed E-state index contributed by atoms with van der Waals surface area (Å²) in [6.07, 6.45) is 7.12. The number of aliphatic hydroxyl groups is 2. The minimum atomic E-state index is 0.0299. The zero-order valence-electron chi connectivity index (χ0n) is 8.43. The van der Waals surface area contributed by atoms with E-state index in [1.54, 1.807) is 12.2 Å². The summed E-state index contributed by atoms with van der Waals surface area (Å²) in [5, 5.41) is 18.5. The van der Waals surface area contributed by atoms with Crippen LogP contribution in [0.4, 0.5) is 0 Å². The van der Waals surface area contributed by atoms with Gasteiger partial charge in [-0.05, 0) is 16.4 Å². The quantitative estimate of drug-likeness (QED) is 0.751. The van der Waals surface area contributed by atoms with Gasteiger partial charge in [-0.15, -0.1) is 9.24 Å². The first-order valence-corrected chi connectivity index (χ1v) is 5.30. The van der Waals surface area contributed by atoms with E-state index >= 15 is 0 Å². The molecule has 0 radical (unpaired) electrons. The number of aliphatic hydroxyl groups excluding tert-OH is 2. The van der Waals surface area contributed by atoms with Crippen molar-refractivity contribution in [1.29, 1.82) is 0 Å². The third-order valence-electron chi connectivity index (χ3n) is 1.97. The van der Waals surface area contributed by atoms with Crippen LogP contribution in [-0.2, 0) is 0 Å². The van der Waals surface area contributed by atoms with Gasteiger partial charge in [0.2, 0.25) is 0 Å². The third kappa shape index (κ3) is 3.60. The Kier molecular flexibility index (Phi) is 5.27. The van der Waals surface area contributed by atoms with E-state index in [0.29, 0.717) is 0 Å². The average Bonchev–Trinajstić information content (AvgIpc) is 2.25. The first-order valence-electron chi connectivity index (χ1n) is 4.73. The minimum Gasteiger partial charge on any atom is -0.392 e. The van der Waals surface area contributed by atoms with Crippen LogP contribution in [0.1, 0.15) is 11.1 Å². The van der Waals surface area contributed by atoms with Crippen LogP contribution < -0.4 is 5.30 Å². The Hall–Kier alpha value is -0.950. The summed E-state index contributed by atoms with van der Waals surface area (Å²) >= 11 is 0. The Morgan fingerprint density at radius 3 is 2.40 bits per heavy atom. The highest BCUT2D eigenvalue weighted by atomic mass is 31.0. The monoisotopic (exact) mass is 222 g/mol. The standard InChI is InChI=1S/C12H15O2P/c13-8-2-5-10-4-1-7-12(15)11(10)6-3-9-14/h1-7,13-14H,8-9,15H2. The predicted octanol–water partition coefficient (Wildman–Crippen LogP) is 1.20. The summed E-state index contributed by atoms with van der Waals surface area (Å²) in [6, 6.07) is 5.91. The fourth-order valence-corrected chi connectivity index (χ4v) is 1.66. The Labute approximate surface area is 92.2 Å². The van der Waals surface area contributed by atoms with Crippen molar-refractivity contribution in [1.82, 2.24) is 0 Å². The van der Waals surface area contributed by atoms with Gasteiger partial charge in [0.05, 0.1) is 13.2 Å². The summed E-state index contributed by atoms with van der Waals surface area (Å²) in [5.41, 5.74) is 2.07. The Morgan fingerprint density at radius 1 is 1.07 bits per heavy atom. The molecule has 15 heavy (non-hydrogen) atoms. The van der Waals surface area contributed by atoms with Crippen LogP contribution >= 0.6 is 9.24 Å². The van der Waals surface area contributed by atoms with Crippen LogP contribution in [-0.4, -0.2) is 23.4 Å². The highest BCUT2D eigenvalue weighted by Gasteiger charge is 1.98. The molecule has 80 valence electrons. The van der Waals surface area contributed by atoms with E-state index < -0.39 is 0 Å². The first kappa shape index (κ1) is 12.1. The number of hydrogen-bond donors (Lipinski definition) is 2. The molecule has 0 bridgehead atoms. The molecule has 1 rings (SSSR count). The maximum atomic E-state index is 8.73. The molecule has 0 heterocycles. The molecule has 0 aromatic heterocycles. The van der Waals surface area contributed by atoms with E-state index in [0.717, 1.165) is 16.4 Å². The van der Waals surface area contributed by atoms with E-state index in [2.05, 4.69) is 9.24 Å². The van der Waals surface area contributed by atoms with Gasteiger partial charge in [-0.3, -0.25) is 0 Å². The van der Waals surface area contributed by atoms with Gasteiger partial charge in [0.15, 0.2) is 0 Å². The maximum absolute atomic E-state index is 8.73. The molecular formula is C12H15O2P. The second-order valence-corrected chi connectivity index (χ2v) is 3.64. The Bertz CT molecular complexity index is 370. The molecule has 1 aromatic rings. The highest BCUT2D eigenvalue weighted by Crippen LogP contribution is 2.13. The SMILES string of the molecule is OCC=Cc1cccc(P)c1C=CCO. The van der Waals surface area contributed by atoms with Crippen molar-refractivity contribution in [3.63, 3.8) is 0 Å². The molecule has 1 aromatic carbocycles. The molecule has 0 saturated heterocycles. The van der Waals surface area contributed by atoms with Gasteiger partial charge < -0.3 is 10.2 Å². The Morgan fingerprint density at radius 2 is 1.73 bits per heavy atom. The van der Waals surface area contributed by atoms with E-state index in [4.69, 9.17) is 10.2 Å². The van der Waals surface area contributed by atoms with Crippen LogP contribution in [0.2, 0.25) is 0 Å². The van der Waals surface area contributed by atoms with Gasteiger partial charge in [-0.25, -0.2) is 0 Å². The lowest BCUT2D eigenvalue weighted by Gasteiger charge is -2.04. The molecule has 0 fully saturated rings. The van der Waals surface area contributed by atoms with Crippen LogP contribution in [0.5, 0.6) is 0 Å². The molecule has 0 amide bonds. The number of benzene rings is 1. The third-order valence-corrected chi connectivity index (χ3v) is 2.47. The summed E-state index contributed by atoms with van der Waals surface area (Å²) in [7, 11) is 2.65. The molecule has 0 spiro atoms. The molecule has 2 N–H and O–H groups in total. The highest BCUT2D eigenvalue weighted by molar-refractivity contribution is 7.27. The predicted molar refractivity (Wildman–Crippen MR) is 68.0 cm³/mol. The second kappa shape index (κ2) is 6.52. The molecular weight excluding hydrogens is 207 g/mol. The topological polar surface area (TPSA) is 40.5 Å². The smallest absolute Gasteiger partial charge is 0.0615 e. The van der Waals surface area contributed by atoms with Crippen LogP contribution in [0.3, 0.4) is 0 Å². The number of rotatable bonds is 4. The van der Waals surface area contributed by atoms with Gasteiger partial charge in [0.25, 0.3) is 0 Å². The van der Waals surface area contributed by atoms with E-state index in [-0.39, 0.29) is 13.2 Å². The Balaban J connectivity index is 3.08. The van der Waals surface area contributed by atoms with Gasteiger partial charge in [0, 0.05) is 0 Å². The lowest BCUT2D eigenvalue weighted by atomic mass is 10.1. The van der Waals surface area contributed by atoms with Crippen molar-refractivity contribution in [2.75, 3.05) is 13.2 Å². The van der Waals surface area contributed by atoms with E-state index in [1.807, 2.05) is 30.4 Å². The largest absolute Gasteiger partial charge is 0.392 e. The van der Waals surface area contributed by atoms with Crippen molar-refractivity contribution in [2.24, 2.45) is 0 Å². The second-order valence-electron chi connectivity index (χ2n) is 3.02. The fourth-order valence-electron chi connectivity index (χ4n) is 1.29. The first-order chi connectivity index (χ1) is 7.29. The normalized spacial score (nSPS) is 11.7. The summed E-state index contributed by atoms with van der Waals surface area (Å²) in [6.45, 7) is 0.0619. The van der Waals surface area contributed by atoms with Crippen LogP contribution in [0.15, 0.2) is 30.4 Å². The molecule has 1 atom stereocenters. The molecule has 0 aliphatic heterocycles. The molecule has 0 saturated carbocycles. The van der Waals surface area contributed by atoms with Crippen molar-refractivity contribution >= 4 is 26.7 Å². The van der Waals surface area contributed by atoms with Gasteiger partial charge in [0.1, 0.15) is 0 Å². The molecule has 2 nitrogen and oxygen atoms in total. The van der Waals surface area contributed by atoms with Gasteiger partial charge >= 0.3 is 0 Å². The summed E-state index contributed by atoms with van der Waals surface area (Å²) < 4.78 is 0. The lowest BCUT2D eigenvalue weighted by Crippen LogP contribution is -1.98. The zero-order chi connectivity index (χ0) is 11.1. The van der Waals surface area contributed by atoms with E-state index in [1.165, 1.54) is 0 Å². The van der Waals surface area contributed by atoms with Crippen molar-refractivity contribution in [3.05, 3.63) is 41.5 Å².